The van der Waals surface area contributed by atoms with Crippen LogP contribution in [0.4, 0.5) is 18.0 Å². The molecule has 0 saturated carbocycles. The molecule has 2 heterocycles. The van der Waals surface area contributed by atoms with Crippen LogP contribution in [-0.4, -0.2) is 47.3 Å². The lowest BCUT2D eigenvalue weighted by Crippen LogP contribution is -2.30. The SMILES string of the molecule is O=C1S/C(=C\c2cccs2)C(=O)N1CCN=CCC(=O)C(F)(F)F. The van der Waals surface area contributed by atoms with Crippen molar-refractivity contribution in [2.24, 2.45) is 4.99 Å². The number of halogens is 3. The fraction of sp³-hybridized carbons (Fsp3) is 0.286. The monoisotopic (exact) mass is 376 g/mol. The van der Waals surface area contributed by atoms with Crippen molar-refractivity contribution in [3.05, 3.63) is 27.3 Å². The second-order valence-corrected chi connectivity index (χ2v) is 6.54. The molecule has 1 saturated heterocycles. The minimum Gasteiger partial charge on any atom is -0.295 e. The summed E-state index contributed by atoms with van der Waals surface area (Å²) in [6, 6.07) is 3.62. The molecule has 1 aromatic rings. The predicted octanol–water partition coefficient (Wildman–Crippen LogP) is 3.38. The number of thioether (sulfide) groups is 1. The first-order valence-corrected chi connectivity index (χ1v) is 8.36. The van der Waals surface area contributed by atoms with Gasteiger partial charge in [0.05, 0.1) is 17.9 Å². The molecule has 2 amide bonds. The Bertz CT molecular complexity index is 697. The van der Waals surface area contributed by atoms with Crippen LogP contribution in [0.3, 0.4) is 0 Å². The highest BCUT2D eigenvalue weighted by atomic mass is 32.2. The lowest BCUT2D eigenvalue weighted by molar-refractivity contribution is -0.169. The Morgan fingerprint density at radius 1 is 1.33 bits per heavy atom. The molecule has 1 aromatic heterocycles. The zero-order valence-electron chi connectivity index (χ0n) is 12.1. The maximum absolute atomic E-state index is 12.1. The van der Waals surface area contributed by atoms with Gasteiger partial charge in [-0.3, -0.25) is 24.3 Å². The Labute approximate surface area is 143 Å². The third kappa shape index (κ3) is 4.78. The van der Waals surface area contributed by atoms with Crippen molar-refractivity contribution in [1.82, 2.24) is 4.90 Å². The number of carbonyl (C=O) groups is 3. The highest BCUT2D eigenvalue weighted by Crippen LogP contribution is 2.32. The smallest absolute Gasteiger partial charge is 0.295 e. The number of thiophene rings is 1. The van der Waals surface area contributed by atoms with Crippen molar-refractivity contribution in [2.75, 3.05) is 13.1 Å². The molecule has 1 aliphatic rings. The number of hydrogen-bond donors (Lipinski definition) is 0. The number of rotatable bonds is 6. The van der Waals surface area contributed by atoms with Gasteiger partial charge in [-0.1, -0.05) is 6.07 Å². The number of Topliss-reactive ketones (excluding diaryl/α,β-unsaturated/α-hetero) is 1. The zero-order valence-corrected chi connectivity index (χ0v) is 13.7. The molecule has 0 aromatic carbocycles. The molecule has 0 radical (unpaired) electrons. The second kappa shape index (κ2) is 7.75. The van der Waals surface area contributed by atoms with Crippen LogP contribution >= 0.6 is 23.1 Å². The summed E-state index contributed by atoms with van der Waals surface area (Å²) in [6.45, 7) is -0.112. The van der Waals surface area contributed by atoms with Crippen molar-refractivity contribution in [1.29, 1.82) is 0 Å². The number of hydrogen-bond acceptors (Lipinski definition) is 6. The molecule has 1 fully saturated rings. The normalized spacial score (nSPS) is 17.5. The van der Waals surface area contributed by atoms with Gasteiger partial charge in [0, 0.05) is 17.6 Å². The van der Waals surface area contributed by atoms with Crippen LogP contribution in [-0.2, 0) is 9.59 Å². The third-order valence-corrected chi connectivity index (χ3v) is 4.59. The molecule has 1 aliphatic heterocycles. The highest BCUT2D eigenvalue weighted by Gasteiger charge is 2.37. The van der Waals surface area contributed by atoms with Crippen LogP contribution in [0.5, 0.6) is 0 Å². The van der Waals surface area contributed by atoms with Gasteiger partial charge in [0.15, 0.2) is 0 Å². The lowest BCUT2D eigenvalue weighted by atomic mass is 10.3. The standard InChI is InChI=1S/C14H11F3N2O3S2/c15-14(16,17)11(20)3-4-18-5-6-19-12(21)10(24-13(19)22)8-9-2-1-7-23-9/h1-2,4,7-8H,3,5-6H2/b10-8-,18-4?. The predicted molar refractivity (Wildman–Crippen MR) is 86.0 cm³/mol. The van der Waals surface area contributed by atoms with E-state index in [1.54, 1.807) is 12.1 Å². The maximum atomic E-state index is 12.1. The third-order valence-electron chi connectivity index (χ3n) is 2.86. The molecule has 0 aliphatic carbocycles. The van der Waals surface area contributed by atoms with Gasteiger partial charge in [-0.2, -0.15) is 13.2 Å². The minimum absolute atomic E-state index is 0.0524. The van der Waals surface area contributed by atoms with E-state index in [2.05, 4.69) is 4.99 Å². The van der Waals surface area contributed by atoms with Gasteiger partial charge in [0.1, 0.15) is 0 Å². The van der Waals surface area contributed by atoms with Gasteiger partial charge in [-0.15, -0.1) is 11.3 Å². The Balaban J connectivity index is 1.86. The first-order chi connectivity index (χ1) is 11.3. The van der Waals surface area contributed by atoms with Gasteiger partial charge >= 0.3 is 6.18 Å². The Morgan fingerprint density at radius 3 is 2.71 bits per heavy atom. The van der Waals surface area contributed by atoms with Crippen LogP contribution in [0, 0.1) is 0 Å². The Hall–Kier alpha value is -1.94. The molecule has 0 atom stereocenters. The Kier molecular flexibility index (Phi) is 5.94. The molecule has 0 unspecified atom stereocenters. The molecule has 0 bridgehead atoms. The summed E-state index contributed by atoms with van der Waals surface area (Å²) >= 11 is 2.23. The van der Waals surface area contributed by atoms with Gasteiger partial charge in [-0.25, -0.2) is 0 Å². The summed E-state index contributed by atoms with van der Waals surface area (Å²) < 4.78 is 36.0. The van der Waals surface area contributed by atoms with E-state index in [9.17, 15) is 27.6 Å². The number of alkyl halides is 3. The van der Waals surface area contributed by atoms with Crippen LogP contribution in [0.1, 0.15) is 11.3 Å². The van der Waals surface area contributed by atoms with E-state index in [0.29, 0.717) is 4.91 Å². The average Bonchev–Trinajstić information content (AvgIpc) is 3.09. The van der Waals surface area contributed by atoms with Gasteiger partial charge < -0.3 is 0 Å². The number of amides is 2. The first kappa shape index (κ1) is 18.4. The van der Waals surface area contributed by atoms with Crippen molar-refractivity contribution >= 4 is 52.3 Å². The van der Waals surface area contributed by atoms with E-state index >= 15 is 0 Å². The molecule has 24 heavy (non-hydrogen) atoms. The van der Waals surface area contributed by atoms with E-state index in [1.807, 2.05) is 11.4 Å². The largest absolute Gasteiger partial charge is 0.450 e. The van der Waals surface area contributed by atoms with Crippen LogP contribution < -0.4 is 0 Å². The van der Waals surface area contributed by atoms with Crippen molar-refractivity contribution in [3.63, 3.8) is 0 Å². The number of nitrogens with zero attached hydrogens (tertiary/aromatic N) is 2. The topological polar surface area (TPSA) is 66.8 Å². The molecule has 5 nitrogen and oxygen atoms in total. The molecular weight excluding hydrogens is 365 g/mol. The average molecular weight is 376 g/mol. The fourth-order valence-corrected chi connectivity index (χ4v) is 3.30. The van der Waals surface area contributed by atoms with E-state index in [-0.39, 0.29) is 13.1 Å². The first-order valence-electron chi connectivity index (χ1n) is 6.66. The van der Waals surface area contributed by atoms with E-state index in [0.717, 1.165) is 27.8 Å². The van der Waals surface area contributed by atoms with Gasteiger partial charge in [0.25, 0.3) is 11.1 Å². The van der Waals surface area contributed by atoms with Gasteiger partial charge in [0.2, 0.25) is 5.78 Å². The summed E-state index contributed by atoms with van der Waals surface area (Å²) in [5.41, 5.74) is 0. The van der Waals surface area contributed by atoms with Crippen LogP contribution in [0.2, 0.25) is 0 Å². The lowest BCUT2D eigenvalue weighted by Gasteiger charge is -2.09. The zero-order chi connectivity index (χ0) is 17.7. The molecule has 128 valence electrons. The van der Waals surface area contributed by atoms with Crippen LogP contribution in [0.25, 0.3) is 6.08 Å². The molecule has 2 rings (SSSR count). The van der Waals surface area contributed by atoms with Crippen molar-refractivity contribution < 1.29 is 27.6 Å². The summed E-state index contributed by atoms with van der Waals surface area (Å²) in [5, 5.41) is 1.39. The highest BCUT2D eigenvalue weighted by molar-refractivity contribution is 8.18. The summed E-state index contributed by atoms with van der Waals surface area (Å²) in [6.07, 6.45) is -3.29. The summed E-state index contributed by atoms with van der Waals surface area (Å²) in [7, 11) is 0. The number of carbonyl (C=O) groups excluding carboxylic acids is 3. The van der Waals surface area contributed by atoms with E-state index in [1.165, 1.54) is 11.3 Å². The summed E-state index contributed by atoms with van der Waals surface area (Å²) in [4.78, 5) is 40.3. The number of ketones is 1. The minimum atomic E-state index is -4.88. The fourth-order valence-electron chi connectivity index (χ4n) is 1.71. The Morgan fingerprint density at radius 2 is 2.08 bits per heavy atom. The van der Waals surface area contributed by atoms with Gasteiger partial charge in [-0.05, 0) is 29.3 Å². The molecule has 0 N–H and O–H groups in total. The number of imide groups is 1. The second-order valence-electron chi connectivity index (χ2n) is 4.56. The van der Waals surface area contributed by atoms with Crippen LogP contribution in [0.15, 0.2) is 27.4 Å². The van der Waals surface area contributed by atoms with Crippen molar-refractivity contribution in [3.8, 4) is 0 Å². The molecule has 0 spiro atoms. The maximum Gasteiger partial charge on any atom is 0.450 e. The van der Waals surface area contributed by atoms with E-state index < -0.39 is 29.5 Å². The van der Waals surface area contributed by atoms with Crippen molar-refractivity contribution in [2.45, 2.75) is 12.6 Å². The molecular formula is C14H11F3N2O3S2. The molecule has 10 heteroatoms. The van der Waals surface area contributed by atoms with E-state index in [4.69, 9.17) is 0 Å². The number of aliphatic imine (C=N–C) groups is 1. The summed E-state index contributed by atoms with van der Waals surface area (Å²) in [5.74, 6) is -2.35. The quantitative estimate of drug-likeness (QED) is 0.564.